The SMILES string of the molecule is C=CCN(CC(=O)N1CCCCC1c1nc(-c2cccc(Cl)c2)no1)C(=O)CCCC. The molecule has 0 aliphatic carbocycles. The van der Waals surface area contributed by atoms with E-state index in [1.54, 1.807) is 28.0 Å². The van der Waals surface area contributed by atoms with Crippen LogP contribution in [0.3, 0.4) is 0 Å². The monoisotopic (exact) mass is 444 g/mol. The Hall–Kier alpha value is -2.67. The fraction of sp³-hybridized carbons (Fsp3) is 0.478. The third-order valence-corrected chi connectivity index (χ3v) is 5.64. The van der Waals surface area contributed by atoms with Gasteiger partial charge in [-0.15, -0.1) is 6.58 Å². The lowest BCUT2D eigenvalue weighted by Crippen LogP contribution is -2.46. The van der Waals surface area contributed by atoms with Gasteiger partial charge >= 0.3 is 0 Å². The van der Waals surface area contributed by atoms with Crippen molar-refractivity contribution in [2.75, 3.05) is 19.6 Å². The van der Waals surface area contributed by atoms with E-state index in [1.165, 1.54) is 0 Å². The molecular formula is C23H29ClN4O3. The first kappa shape index (κ1) is 23.0. The van der Waals surface area contributed by atoms with Crippen molar-refractivity contribution in [3.05, 3.63) is 47.8 Å². The van der Waals surface area contributed by atoms with Crippen LogP contribution in [0.4, 0.5) is 0 Å². The first-order valence-electron chi connectivity index (χ1n) is 10.8. The van der Waals surface area contributed by atoms with Gasteiger partial charge in [0.2, 0.25) is 23.5 Å². The number of piperidine rings is 1. The summed E-state index contributed by atoms with van der Waals surface area (Å²) in [7, 11) is 0. The molecule has 1 aliphatic rings. The van der Waals surface area contributed by atoms with Crippen molar-refractivity contribution in [1.82, 2.24) is 19.9 Å². The van der Waals surface area contributed by atoms with Gasteiger partial charge in [-0.1, -0.05) is 48.3 Å². The van der Waals surface area contributed by atoms with Crippen LogP contribution in [0.15, 0.2) is 41.4 Å². The van der Waals surface area contributed by atoms with Gasteiger partial charge in [0.1, 0.15) is 12.6 Å². The van der Waals surface area contributed by atoms with Crippen molar-refractivity contribution in [1.29, 1.82) is 0 Å². The number of amides is 2. The van der Waals surface area contributed by atoms with E-state index in [0.29, 0.717) is 36.2 Å². The molecule has 1 fully saturated rings. The molecule has 1 atom stereocenters. The molecule has 1 aromatic heterocycles. The quantitative estimate of drug-likeness (QED) is 0.526. The van der Waals surface area contributed by atoms with Crippen molar-refractivity contribution in [2.24, 2.45) is 0 Å². The van der Waals surface area contributed by atoms with Gasteiger partial charge in [0.15, 0.2) is 0 Å². The highest BCUT2D eigenvalue weighted by Crippen LogP contribution is 2.31. The van der Waals surface area contributed by atoms with Crippen molar-refractivity contribution in [3.63, 3.8) is 0 Å². The zero-order valence-corrected chi connectivity index (χ0v) is 18.7. The Morgan fingerprint density at radius 2 is 2.23 bits per heavy atom. The Morgan fingerprint density at radius 1 is 1.39 bits per heavy atom. The van der Waals surface area contributed by atoms with Crippen LogP contribution in [-0.2, 0) is 9.59 Å². The number of unbranched alkanes of at least 4 members (excludes halogenated alkanes) is 1. The largest absolute Gasteiger partial charge is 0.337 e. The van der Waals surface area contributed by atoms with Gasteiger partial charge < -0.3 is 14.3 Å². The Balaban J connectivity index is 1.74. The maximum Gasteiger partial charge on any atom is 0.249 e. The highest BCUT2D eigenvalue weighted by molar-refractivity contribution is 6.30. The van der Waals surface area contributed by atoms with Gasteiger partial charge in [-0.3, -0.25) is 9.59 Å². The molecule has 0 radical (unpaired) electrons. The lowest BCUT2D eigenvalue weighted by atomic mass is 10.0. The summed E-state index contributed by atoms with van der Waals surface area (Å²) in [4.78, 5) is 33.5. The van der Waals surface area contributed by atoms with E-state index in [2.05, 4.69) is 16.7 Å². The summed E-state index contributed by atoms with van der Waals surface area (Å²) in [6, 6.07) is 6.95. The molecule has 1 aromatic carbocycles. The zero-order valence-electron chi connectivity index (χ0n) is 17.9. The van der Waals surface area contributed by atoms with Crippen LogP contribution in [0.1, 0.15) is 57.4 Å². The van der Waals surface area contributed by atoms with Crippen LogP contribution in [0, 0.1) is 0 Å². The average Bonchev–Trinajstić information content (AvgIpc) is 3.27. The van der Waals surface area contributed by atoms with Crippen LogP contribution < -0.4 is 0 Å². The molecular weight excluding hydrogens is 416 g/mol. The molecule has 1 saturated heterocycles. The molecule has 31 heavy (non-hydrogen) atoms. The molecule has 2 heterocycles. The average molecular weight is 445 g/mol. The van der Waals surface area contributed by atoms with Crippen LogP contribution in [0.2, 0.25) is 5.02 Å². The van der Waals surface area contributed by atoms with Gasteiger partial charge in [-0.25, -0.2) is 0 Å². The Bertz CT molecular complexity index is 914. The molecule has 2 amide bonds. The van der Waals surface area contributed by atoms with Crippen LogP contribution in [0.5, 0.6) is 0 Å². The molecule has 0 bridgehead atoms. The lowest BCUT2D eigenvalue weighted by molar-refractivity contribution is -0.143. The number of carbonyl (C=O) groups is 2. The maximum atomic E-state index is 13.2. The normalized spacial score (nSPS) is 16.2. The number of hydrogen-bond donors (Lipinski definition) is 0. The van der Waals surface area contributed by atoms with E-state index in [1.807, 2.05) is 19.1 Å². The van der Waals surface area contributed by atoms with Gasteiger partial charge in [0.05, 0.1) is 0 Å². The number of benzene rings is 1. The van der Waals surface area contributed by atoms with Crippen LogP contribution in [0.25, 0.3) is 11.4 Å². The maximum absolute atomic E-state index is 13.2. The van der Waals surface area contributed by atoms with E-state index >= 15 is 0 Å². The minimum atomic E-state index is -0.294. The minimum Gasteiger partial charge on any atom is -0.337 e. The van der Waals surface area contributed by atoms with Gasteiger partial charge in [-0.05, 0) is 37.8 Å². The fourth-order valence-corrected chi connectivity index (χ4v) is 3.94. The third-order valence-electron chi connectivity index (χ3n) is 5.41. The summed E-state index contributed by atoms with van der Waals surface area (Å²) in [6.07, 6.45) is 6.45. The second-order valence-corrected chi connectivity index (χ2v) is 8.17. The lowest BCUT2D eigenvalue weighted by Gasteiger charge is -2.35. The highest BCUT2D eigenvalue weighted by atomic mass is 35.5. The van der Waals surface area contributed by atoms with E-state index in [0.717, 1.165) is 37.7 Å². The molecule has 7 nitrogen and oxygen atoms in total. The van der Waals surface area contributed by atoms with Crippen LogP contribution in [-0.4, -0.2) is 51.4 Å². The summed E-state index contributed by atoms with van der Waals surface area (Å²) < 4.78 is 5.54. The molecule has 8 heteroatoms. The Kier molecular flexibility index (Phi) is 8.23. The summed E-state index contributed by atoms with van der Waals surface area (Å²) >= 11 is 6.07. The number of rotatable bonds is 9. The highest BCUT2D eigenvalue weighted by Gasteiger charge is 2.33. The molecule has 0 saturated carbocycles. The fourth-order valence-electron chi connectivity index (χ4n) is 3.75. The Labute approximate surface area is 188 Å². The standard InChI is InChI=1S/C23H29ClN4O3/c1-3-5-12-20(29)27(13-4-2)16-21(30)28-14-7-6-11-19(28)23-25-22(26-31-23)17-9-8-10-18(24)15-17/h4,8-10,15,19H,2-3,5-7,11-14,16H2,1H3. The van der Waals surface area contributed by atoms with E-state index in [4.69, 9.17) is 16.1 Å². The number of nitrogens with zero attached hydrogens (tertiary/aromatic N) is 4. The first-order chi connectivity index (χ1) is 15.0. The summed E-state index contributed by atoms with van der Waals surface area (Å²) in [5.74, 6) is 0.720. The van der Waals surface area contributed by atoms with Gasteiger partial charge in [0.25, 0.3) is 0 Å². The summed E-state index contributed by atoms with van der Waals surface area (Å²) in [5, 5.41) is 4.68. The number of carbonyl (C=O) groups excluding carboxylic acids is 2. The molecule has 1 aliphatic heterocycles. The molecule has 0 spiro atoms. The predicted octanol–water partition coefficient (Wildman–Crippen LogP) is 4.65. The van der Waals surface area contributed by atoms with Gasteiger partial charge in [-0.2, -0.15) is 4.98 Å². The Morgan fingerprint density at radius 3 is 2.97 bits per heavy atom. The third kappa shape index (κ3) is 5.94. The van der Waals surface area contributed by atoms with E-state index < -0.39 is 0 Å². The second-order valence-electron chi connectivity index (χ2n) is 7.73. The van der Waals surface area contributed by atoms with Crippen molar-refractivity contribution in [3.8, 4) is 11.4 Å². The van der Waals surface area contributed by atoms with Crippen molar-refractivity contribution >= 4 is 23.4 Å². The predicted molar refractivity (Wildman–Crippen MR) is 119 cm³/mol. The smallest absolute Gasteiger partial charge is 0.249 e. The van der Waals surface area contributed by atoms with Crippen molar-refractivity contribution < 1.29 is 14.1 Å². The number of halogens is 1. The zero-order chi connectivity index (χ0) is 22.2. The van der Waals surface area contributed by atoms with Gasteiger partial charge in [0, 0.05) is 30.1 Å². The second kappa shape index (κ2) is 11.1. The topological polar surface area (TPSA) is 79.5 Å². The number of likely N-dealkylation sites (tertiary alicyclic amines) is 1. The molecule has 1 unspecified atom stereocenters. The number of hydrogen-bond acceptors (Lipinski definition) is 5. The van der Waals surface area contributed by atoms with E-state index in [-0.39, 0.29) is 24.4 Å². The van der Waals surface area contributed by atoms with E-state index in [9.17, 15) is 9.59 Å². The first-order valence-corrected chi connectivity index (χ1v) is 11.2. The molecule has 2 aromatic rings. The van der Waals surface area contributed by atoms with Crippen molar-refractivity contribution in [2.45, 2.75) is 51.5 Å². The molecule has 0 N–H and O–H groups in total. The molecule has 166 valence electrons. The summed E-state index contributed by atoms with van der Waals surface area (Å²) in [6.45, 7) is 6.74. The minimum absolute atomic E-state index is 0.0234. The molecule has 3 rings (SSSR count). The van der Waals surface area contributed by atoms with Crippen LogP contribution >= 0.6 is 11.6 Å². The number of aromatic nitrogens is 2. The summed E-state index contributed by atoms with van der Waals surface area (Å²) in [5.41, 5.74) is 0.759.